The number of aliphatic hydroxyl groups is 1. The first kappa shape index (κ1) is 12.9. The van der Waals surface area contributed by atoms with Gasteiger partial charge in [0, 0.05) is 19.3 Å². The van der Waals surface area contributed by atoms with Crippen LogP contribution < -0.4 is 0 Å². The highest BCUT2D eigenvalue weighted by molar-refractivity contribution is 5.25. The van der Waals surface area contributed by atoms with E-state index < -0.39 is 23.2 Å². The zero-order valence-electron chi connectivity index (χ0n) is 9.70. The molecule has 0 spiro atoms. The largest absolute Gasteiger partial charge is 0.387 e. The van der Waals surface area contributed by atoms with Crippen LogP contribution in [0.25, 0.3) is 0 Å². The average Bonchev–Trinajstić information content (AvgIpc) is 2.37. The minimum Gasteiger partial charge on any atom is -0.387 e. The van der Waals surface area contributed by atoms with Crippen LogP contribution in [0.4, 0.5) is 8.78 Å². The summed E-state index contributed by atoms with van der Waals surface area (Å²) >= 11 is 0. The first-order valence-electron chi connectivity index (χ1n) is 5.70. The fourth-order valence-electron chi connectivity index (χ4n) is 2.23. The van der Waals surface area contributed by atoms with E-state index in [1.807, 2.05) is 0 Å². The number of hydrogen-bond acceptors (Lipinski definition) is 3. The molecule has 1 aliphatic heterocycles. The third-order valence-electron chi connectivity index (χ3n) is 3.33. The van der Waals surface area contributed by atoms with Crippen molar-refractivity contribution < 1.29 is 18.6 Å². The van der Waals surface area contributed by atoms with Crippen LogP contribution in [0.15, 0.2) is 18.2 Å². The van der Waals surface area contributed by atoms with Gasteiger partial charge in [0.2, 0.25) is 0 Å². The molecule has 1 fully saturated rings. The van der Waals surface area contributed by atoms with Gasteiger partial charge in [0.25, 0.3) is 0 Å². The molecule has 18 heavy (non-hydrogen) atoms. The monoisotopic (exact) mass is 253 g/mol. The summed E-state index contributed by atoms with van der Waals surface area (Å²) in [6, 6.07) is 4.93. The standard InChI is InChI=1S/C13H13F2NO2/c14-10-5-9(6-11(15)7-10)12(17)13(8-16)1-3-18-4-2-13/h5-7,12,17H,1-4H2. The maximum atomic E-state index is 13.1. The third-order valence-corrected chi connectivity index (χ3v) is 3.33. The summed E-state index contributed by atoms with van der Waals surface area (Å²) in [6.07, 6.45) is -0.511. The summed E-state index contributed by atoms with van der Waals surface area (Å²) in [5, 5.41) is 19.5. The summed E-state index contributed by atoms with van der Waals surface area (Å²) in [7, 11) is 0. The molecule has 2 rings (SSSR count). The van der Waals surface area contributed by atoms with Crippen LogP contribution in [0.1, 0.15) is 24.5 Å². The molecule has 1 aliphatic rings. The Morgan fingerprint density at radius 2 is 1.78 bits per heavy atom. The Bertz CT molecular complexity index is 458. The fraction of sp³-hybridized carbons (Fsp3) is 0.462. The maximum Gasteiger partial charge on any atom is 0.126 e. The highest BCUT2D eigenvalue weighted by atomic mass is 19.1. The molecule has 3 nitrogen and oxygen atoms in total. The molecule has 0 aliphatic carbocycles. The van der Waals surface area contributed by atoms with Gasteiger partial charge in [-0.25, -0.2) is 8.78 Å². The Morgan fingerprint density at radius 3 is 2.28 bits per heavy atom. The van der Waals surface area contributed by atoms with Crippen molar-refractivity contribution in [2.24, 2.45) is 5.41 Å². The molecule has 0 bridgehead atoms. The van der Waals surface area contributed by atoms with Crippen molar-refractivity contribution in [3.63, 3.8) is 0 Å². The molecule has 1 heterocycles. The highest BCUT2D eigenvalue weighted by Crippen LogP contribution is 2.42. The summed E-state index contributed by atoms with van der Waals surface area (Å²) in [6.45, 7) is 0.727. The molecule has 96 valence electrons. The second-order valence-electron chi connectivity index (χ2n) is 4.49. The number of ether oxygens (including phenoxy) is 1. The number of nitriles is 1. The lowest BCUT2D eigenvalue weighted by Crippen LogP contribution is -2.34. The van der Waals surface area contributed by atoms with Crippen molar-refractivity contribution in [1.29, 1.82) is 5.26 Å². The van der Waals surface area contributed by atoms with Gasteiger partial charge in [-0.1, -0.05) is 0 Å². The second kappa shape index (κ2) is 5.01. The zero-order chi connectivity index (χ0) is 13.2. The number of hydrogen-bond donors (Lipinski definition) is 1. The van der Waals surface area contributed by atoms with Crippen molar-refractivity contribution in [2.75, 3.05) is 13.2 Å². The van der Waals surface area contributed by atoms with E-state index in [9.17, 15) is 19.1 Å². The number of nitrogens with zero attached hydrogens (tertiary/aromatic N) is 1. The molecule has 1 aromatic carbocycles. The lowest BCUT2D eigenvalue weighted by atomic mass is 9.74. The van der Waals surface area contributed by atoms with Crippen molar-refractivity contribution in [3.8, 4) is 6.07 Å². The summed E-state index contributed by atoms with van der Waals surface area (Å²) < 4.78 is 31.4. The van der Waals surface area contributed by atoms with Gasteiger partial charge in [0.05, 0.1) is 17.6 Å². The topological polar surface area (TPSA) is 53.2 Å². The lowest BCUT2D eigenvalue weighted by molar-refractivity contribution is -0.0312. The predicted molar refractivity (Wildman–Crippen MR) is 59.4 cm³/mol. The van der Waals surface area contributed by atoms with E-state index in [4.69, 9.17) is 4.74 Å². The Hall–Kier alpha value is -1.51. The van der Waals surface area contributed by atoms with Gasteiger partial charge in [0.1, 0.15) is 11.6 Å². The summed E-state index contributed by atoms with van der Waals surface area (Å²) in [4.78, 5) is 0. The highest BCUT2D eigenvalue weighted by Gasteiger charge is 2.41. The molecular weight excluding hydrogens is 240 g/mol. The molecule has 1 unspecified atom stereocenters. The van der Waals surface area contributed by atoms with E-state index in [1.165, 1.54) is 0 Å². The number of aliphatic hydroxyl groups excluding tert-OH is 1. The van der Waals surface area contributed by atoms with Gasteiger partial charge in [-0.15, -0.1) is 0 Å². The van der Waals surface area contributed by atoms with Crippen LogP contribution >= 0.6 is 0 Å². The van der Waals surface area contributed by atoms with Crippen LogP contribution in [0.3, 0.4) is 0 Å². The van der Waals surface area contributed by atoms with Gasteiger partial charge in [-0.2, -0.15) is 5.26 Å². The zero-order valence-corrected chi connectivity index (χ0v) is 9.70. The molecule has 1 saturated heterocycles. The first-order valence-corrected chi connectivity index (χ1v) is 5.70. The molecule has 0 aromatic heterocycles. The van der Waals surface area contributed by atoms with Crippen LogP contribution in [0.2, 0.25) is 0 Å². The SMILES string of the molecule is N#CC1(C(O)c2cc(F)cc(F)c2)CCOCC1. The van der Waals surface area contributed by atoms with E-state index in [-0.39, 0.29) is 5.56 Å². The Kier molecular flexibility index (Phi) is 3.60. The van der Waals surface area contributed by atoms with Crippen molar-refractivity contribution in [1.82, 2.24) is 0 Å². The third kappa shape index (κ3) is 2.35. The van der Waals surface area contributed by atoms with Gasteiger partial charge >= 0.3 is 0 Å². The van der Waals surface area contributed by atoms with Gasteiger partial charge in [0.15, 0.2) is 0 Å². The predicted octanol–water partition coefficient (Wildman–Crippen LogP) is 2.32. The van der Waals surface area contributed by atoms with E-state index in [1.54, 1.807) is 0 Å². The Morgan fingerprint density at radius 1 is 1.22 bits per heavy atom. The molecule has 1 aromatic rings. The van der Waals surface area contributed by atoms with E-state index in [0.29, 0.717) is 26.1 Å². The summed E-state index contributed by atoms with van der Waals surface area (Å²) in [5.41, 5.74) is -0.936. The molecule has 5 heteroatoms. The molecule has 0 radical (unpaired) electrons. The van der Waals surface area contributed by atoms with E-state index in [2.05, 4.69) is 6.07 Å². The molecule has 0 saturated carbocycles. The van der Waals surface area contributed by atoms with E-state index >= 15 is 0 Å². The quantitative estimate of drug-likeness (QED) is 0.880. The maximum absolute atomic E-state index is 13.1. The minimum atomic E-state index is -1.21. The Labute approximate surface area is 104 Å². The van der Waals surface area contributed by atoms with Crippen molar-refractivity contribution in [3.05, 3.63) is 35.4 Å². The minimum absolute atomic E-state index is 0.0935. The normalized spacial score (nSPS) is 20.1. The average molecular weight is 253 g/mol. The van der Waals surface area contributed by atoms with Crippen molar-refractivity contribution in [2.45, 2.75) is 18.9 Å². The molecule has 1 N–H and O–H groups in total. The van der Waals surface area contributed by atoms with Crippen LogP contribution in [-0.4, -0.2) is 18.3 Å². The van der Waals surface area contributed by atoms with Crippen LogP contribution in [-0.2, 0) is 4.74 Å². The van der Waals surface area contributed by atoms with E-state index in [0.717, 1.165) is 18.2 Å². The molecule has 1 atom stereocenters. The number of halogens is 2. The lowest BCUT2D eigenvalue weighted by Gasteiger charge is -2.35. The summed E-state index contributed by atoms with van der Waals surface area (Å²) in [5.74, 6) is -1.52. The second-order valence-corrected chi connectivity index (χ2v) is 4.49. The van der Waals surface area contributed by atoms with Crippen LogP contribution in [0, 0.1) is 28.4 Å². The van der Waals surface area contributed by atoms with Crippen LogP contribution in [0.5, 0.6) is 0 Å². The molecular formula is C13H13F2NO2. The number of rotatable bonds is 2. The smallest absolute Gasteiger partial charge is 0.126 e. The number of benzene rings is 1. The van der Waals surface area contributed by atoms with Crippen molar-refractivity contribution >= 4 is 0 Å². The van der Waals surface area contributed by atoms with Gasteiger partial charge < -0.3 is 9.84 Å². The molecule has 0 amide bonds. The first-order chi connectivity index (χ1) is 8.57. The Balaban J connectivity index is 2.34. The fourth-order valence-corrected chi connectivity index (χ4v) is 2.23. The van der Waals surface area contributed by atoms with Gasteiger partial charge in [-0.3, -0.25) is 0 Å². The van der Waals surface area contributed by atoms with Gasteiger partial charge in [-0.05, 0) is 30.5 Å².